The van der Waals surface area contributed by atoms with Gasteiger partial charge in [-0.2, -0.15) is 4.98 Å². The van der Waals surface area contributed by atoms with E-state index in [2.05, 4.69) is 9.88 Å². The lowest BCUT2D eigenvalue weighted by Gasteiger charge is -2.32. The standard InChI is InChI=1S/C18H25N3O4/c1-20(8-9-22)17(23)10-13-4-3-7-21(12-13)18-19-15-11-14(24-2)5-6-16(15)25-18/h5-6,11,13,22H,3-4,7-10,12H2,1-2H3. The lowest BCUT2D eigenvalue weighted by Crippen LogP contribution is -2.39. The minimum atomic E-state index is -0.00853. The maximum absolute atomic E-state index is 12.2. The molecule has 3 rings (SSSR count). The predicted octanol–water partition coefficient (Wildman–Crippen LogP) is 1.89. The number of fused-ring (bicyclic) bond motifs is 1. The van der Waals surface area contributed by atoms with Crippen molar-refractivity contribution in [3.8, 4) is 5.75 Å². The fourth-order valence-corrected chi connectivity index (χ4v) is 3.24. The van der Waals surface area contributed by atoms with Crippen LogP contribution in [0.5, 0.6) is 5.75 Å². The van der Waals surface area contributed by atoms with Crippen molar-refractivity contribution >= 4 is 23.0 Å². The van der Waals surface area contributed by atoms with Gasteiger partial charge in [-0.1, -0.05) is 0 Å². The molecule has 7 nitrogen and oxygen atoms in total. The fraction of sp³-hybridized carbons (Fsp3) is 0.556. The van der Waals surface area contributed by atoms with E-state index in [0.717, 1.165) is 42.8 Å². The average molecular weight is 347 g/mol. The smallest absolute Gasteiger partial charge is 0.298 e. The van der Waals surface area contributed by atoms with Gasteiger partial charge < -0.3 is 24.1 Å². The van der Waals surface area contributed by atoms with Crippen LogP contribution in [-0.4, -0.2) is 61.3 Å². The van der Waals surface area contributed by atoms with Crippen molar-refractivity contribution < 1.29 is 19.1 Å². The van der Waals surface area contributed by atoms with Crippen LogP contribution >= 0.6 is 0 Å². The van der Waals surface area contributed by atoms with Gasteiger partial charge in [-0.25, -0.2) is 0 Å². The minimum absolute atomic E-state index is 0.00853. The highest BCUT2D eigenvalue weighted by atomic mass is 16.5. The second kappa shape index (κ2) is 7.74. The summed E-state index contributed by atoms with van der Waals surface area (Å²) < 4.78 is 11.1. The molecular formula is C18H25N3O4. The zero-order chi connectivity index (χ0) is 17.8. The van der Waals surface area contributed by atoms with E-state index in [1.165, 1.54) is 0 Å². The highest BCUT2D eigenvalue weighted by Gasteiger charge is 2.26. The summed E-state index contributed by atoms with van der Waals surface area (Å²) in [5.74, 6) is 1.09. The summed E-state index contributed by atoms with van der Waals surface area (Å²) in [6.45, 7) is 2.00. The van der Waals surface area contributed by atoms with Crippen LogP contribution in [0.2, 0.25) is 0 Å². The van der Waals surface area contributed by atoms with Gasteiger partial charge in [0.2, 0.25) is 5.91 Å². The number of ether oxygens (including phenoxy) is 1. The Morgan fingerprint density at radius 3 is 3.12 bits per heavy atom. The first kappa shape index (κ1) is 17.5. The van der Waals surface area contributed by atoms with Crippen molar-refractivity contribution in [3.05, 3.63) is 18.2 Å². The molecule has 25 heavy (non-hydrogen) atoms. The van der Waals surface area contributed by atoms with Gasteiger partial charge >= 0.3 is 0 Å². The van der Waals surface area contributed by atoms with E-state index in [4.69, 9.17) is 14.3 Å². The molecule has 0 aliphatic carbocycles. The van der Waals surface area contributed by atoms with E-state index in [0.29, 0.717) is 19.0 Å². The lowest BCUT2D eigenvalue weighted by atomic mass is 9.94. The number of aromatic nitrogens is 1. The Labute approximate surface area is 147 Å². The average Bonchev–Trinajstić information content (AvgIpc) is 3.05. The number of carbonyl (C=O) groups is 1. The van der Waals surface area contributed by atoms with Gasteiger partial charge in [-0.05, 0) is 30.9 Å². The number of amides is 1. The number of methoxy groups -OCH3 is 1. The topological polar surface area (TPSA) is 79.0 Å². The molecule has 1 N–H and O–H groups in total. The first-order valence-electron chi connectivity index (χ1n) is 8.65. The number of anilines is 1. The van der Waals surface area contributed by atoms with E-state index >= 15 is 0 Å². The molecule has 2 aromatic rings. The third kappa shape index (κ3) is 4.04. The molecule has 136 valence electrons. The molecule has 0 spiro atoms. The van der Waals surface area contributed by atoms with Crippen LogP contribution in [0, 0.1) is 5.92 Å². The Balaban J connectivity index is 1.67. The van der Waals surface area contributed by atoms with Crippen molar-refractivity contribution in [2.45, 2.75) is 19.3 Å². The number of oxazole rings is 1. The van der Waals surface area contributed by atoms with Gasteiger partial charge in [-0.15, -0.1) is 0 Å². The van der Waals surface area contributed by atoms with Crippen LogP contribution in [0.4, 0.5) is 6.01 Å². The second-order valence-electron chi connectivity index (χ2n) is 6.53. The molecule has 1 fully saturated rings. The van der Waals surface area contributed by atoms with Crippen LogP contribution in [-0.2, 0) is 4.79 Å². The number of rotatable bonds is 6. The van der Waals surface area contributed by atoms with Crippen LogP contribution in [0.3, 0.4) is 0 Å². The van der Waals surface area contributed by atoms with E-state index in [1.807, 2.05) is 18.2 Å². The number of aliphatic hydroxyl groups excluding tert-OH is 1. The van der Waals surface area contributed by atoms with Crippen molar-refractivity contribution in [2.24, 2.45) is 5.92 Å². The number of likely N-dealkylation sites (N-methyl/N-ethyl adjacent to an activating group) is 1. The van der Waals surface area contributed by atoms with E-state index in [-0.39, 0.29) is 18.4 Å². The maximum atomic E-state index is 12.2. The number of benzene rings is 1. The third-order valence-corrected chi connectivity index (χ3v) is 4.70. The van der Waals surface area contributed by atoms with Crippen LogP contribution in [0.15, 0.2) is 22.6 Å². The van der Waals surface area contributed by atoms with Gasteiger partial charge in [0.05, 0.1) is 13.7 Å². The van der Waals surface area contributed by atoms with Gasteiger partial charge in [0.15, 0.2) is 5.58 Å². The molecule has 1 unspecified atom stereocenters. The molecule has 7 heteroatoms. The van der Waals surface area contributed by atoms with Crippen molar-refractivity contribution in [3.63, 3.8) is 0 Å². The second-order valence-corrected chi connectivity index (χ2v) is 6.53. The maximum Gasteiger partial charge on any atom is 0.298 e. The first-order chi connectivity index (χ1) is 12.1. The normalized spacial score (nSPS) is 17.7. The van der Waals surface area contributed by atoms with E-state index in [1.54, 1.807) is 19.1 Å². The number of hydrogen-bond acceptors (Lipinski definition) is 6. The van der Waals surface area contributed by atoms with Gasteiger partial charge in [0, 0.05) is 39.2 Å². The Bertz CT molecular complexity index is 730. The quantitative estimate of drug-likeness (QED) is 0.860. The van der Waals surface area contributed by atoms with Crippen molar-refractivity contribution in [1.29, 1.82) is 0 Å². The van der Waals surface area contributed by atoms with Gasteiger partial charge in [-0.3, -0.25) is 4.79 Å². The van der Waals surface area contributed by atoms with Crippen LogP contribution in [0.1, 0.15) is 19.3 Å². The molecule has 0 radical (unpaired) electrons. The molecule has 1 aliphatic rings. The summed E-state index contributed by atoms with van der Waals surface area (Å²) in [6.07, 6.45) is 2.51. The summed E-state index contributed by atoms with van der Waals surface area (Å²) in [4.78, 5) is 20.5. The summed E-state index contributed by atoms with van der Waals surface area (Å²) in [5.41, 5.74) is 1.51. The third-order valence-electron chi connectivity index (χ3n) is 4.70. The summed E-state index contributed by atoms with van der Waals surface area (Å²) in [6, 6.07) is 6.17. The first-order valence-corrected chi connectivity index (χ1v) is 8.65. The highest BCUT2D eigenvalue weighted by molar-refractivity contribution is 5.77. The summed E-state index contributed by atoms with van der Waals surface area (Å²) in [5, 5.41) is 8.96. The molecule has 1 saturated heterocycles. The number of carbonyl (C=O) groups excluding carboxylic acids is 1. The Hall–Kier alpha value is -2.28. The van der Waals surface area contributed by atoms with E-state index in [9.17, 15) is 4.79 Å². The highest BCUT2D eigenvalue weighted by Crippen LogP contribution is 2.29. The number of hydrogen-bond donors (Lipinski definition) is 1. The van der Waals surface area contributed by atoms with Crippen molar-refractivity contribution in [1.82, 2.24) is 9.88 Å². The predicted molar refractivity (Wildman–Crippen MR) is 94.8 cm³/mol. The van der Waals surface area contributed by atoms with Gasteiger partial charge in [0.25, 0.3) is 6.01 Å². The van der Waals surface area contributed by atoms with Gasteiger partial charge in [0.1, 0.15) is 11.3 Å². The number of piperidine rings is 1. The monoisotopic (exact) mass is 347 g/mol. The molecule has 1 aromatic carbocycles. The number of nitrogens with zero attached hydrogens (tertiary/aromatic N) is 3. The fourth-order valence-electron chi connectivity index (χ4n) is 3.24. The van der Waals surface area contributed by atoms with E-state index < -0.39 is 0 Å². The molecule has 2 heterocycles. The molecule has 0 bridgehead atoms. The molecule has 1 aromatic heterocycles. The minimum Gasteiger partial charge on any atom is -0.497 e. The molecule has 1 aliphatic heterocycles. The Morgan fingerprint density at radius 2 is 2.36 bits per heavy atom. The van der Waals surface area contributed by atoms with Crippen LogP contribution < -0.4 is 9.64 Å². The Morgan fingerprint density at radius 1 is 1.52 bits per heavy atom. The van der Waals surface area contributed by atoms with Crippen molar-refractivity contribution in [2.75, 3.05) is 45.3 Å². The molecular weight excluding hydrogens is 322 g/mol. The zero-order valence-electron chi connectivity index (χ0n) is 14.8. The molecule has 1 amide bonds. The molecule has 0 saturated carbocycles. The summed E-state index contributed by atoms with van der Waals surface area (Å²) in [7, 11) is 3.36. The molecule has 1 atom stereocenters. The SMILES string of the molecule is COc1ccc2oc(N3CCCC(CC(=O)N(C)CCO)C3)nc2c1. The largest absolute Gasteiger partial charge is 0.497 e. The Kier molecular flexibility index (Phi) is 5.43. The summed E-state index contributed by atoms with van der Waals surface area (Å²) >= 11 is 0. The zero-order valence-corrected chi connectivity index (χ0v) is 14.8. The number of aliphatic hydroxyl groups is 1. The van der Waals surface area contributed by atoms with Crippen LogP contribution in [0.25, 0.3) is 11.1 Å². The lowest BCUT2D eigenvalue weighted by molar-refractivity contribution is -0.131.